The fourth-order valence-corrected chi connectivity index (χ4v) is 1.36. The van der Waals surface area contributed by atoms with E-state index in [1.54, 1.807) is 0 Å². The molecule has 1 aromatic carbocycles. The zero-order valence-electron chi connectivity index (χ0n) is 9.85. The molecule has 0 bridgehead atoms. The highest BCUT2D eigenvalue weighted by Crippen LogP contribution is 2.30. The van der Waals surface area contributed by atoms with Gasteiger partial charge in [0.15, 0.2) is 11.4 Å². The Bertz CT molecular complexity index is 679. The minimum atomic E-state index is -4.59. The number of alkyl halides is 3. The van der Waals surface area contributed by atoms with Gasteiger partial charge in [0, 0.05) is 6.20 Å². The number of halogens is 3. The van der Waals surface area contributed by atoms with Crippen LogP contribution in [-0.2, 0) is 6.18 Å². The van der Waals surface area contributed by atoms with Crippen molar-refractivity contribution in [2.75, 3.05) is 5.73 Å². The molecule has 2 rings (SSSR count). The summed E-state index contributed by atoms with van der Waals surface area (Å²) in [6.07, 6.45) is -3.65. The SMILES string of the molecule is N#Cc1ccc(Oc2nccc(C(F)(F)F)n2)c(N)c1. The first-order valence-corrected chi connectivity index (χ1v) is 5.28. The topological polar surface area (TPSA) is 84.8 Å². The number of rotatable bonds is 2. The van der Waals surface area contributed by atoms with Crippen LogP contribution in [0.15, 0.2) is 30.5 Å². The van der Waals surface area contributed by atoms with Crippen LogP contribution >= 0.6 is 0 Å². The van der Waals surface area contributed by atoms with Gasteiger partial charge in [-0.3, -0.25) is 0 Å². The molecule has 0 aliphatic rings. The monoisotopic (exact) mass is 280 g/mol. The molecule has 102 valence electrons. The van der Waals surface area contributed by atoms with Crippen molar-refractivity contribution < 1.29 is 17.9 Å². The van der Waals surface area contributed by atoms with Crippen molar-refractivity contribution in [3.8, 4) is 17.8 Å². The molecule has 0 unspecified atom stereocenters. The molecule has 0 aliphatic heterocycles. The molecule has 2 N–H and O–H groups in total. The number of aromatic nitrogens is 2. The molecule has 1 aromatic heterocycles. The fourth-order valence-electron chi connectivity index (χ4n) is 1.36. The Labute approximate surface area is 111 Å². The largest absolute Gasteiger partial charge is 0.433 e. The highest BCUT2D eigenvalue weighted by atomic mass is 19.4. The third kappa shape index (κ3) is 2.95. The van der Waals surface area contributed by atoms with E-state index in [9.17, 15) is 13.2 Å². The van der Waals surface area contributed by atoms with Gasteiger partial charge in [0.1, 0.15) is 0 Å². The Kier molecular flexibility index (Phi) is 3.43. The lowest BCUT2D eigenvalue weighted by molar-refractivity contribution is -0.141. The van der Waals surface area contributed by atoms with E-state index in [1.807, 2.05) is 6.07 Å². The van der Waals surface area contributed by atoms with E-state index in [-0.39, 0.29) is 11.4 Å². The van der Waals surface area contributed by atoms with Crippen molar-refractivity contribution in [2.24, 2.45) is 0 Å². The summed E-state index contributed by atoms with van der Waals surface area (Å²) in [5, 5.41) is 8.67. The van der Waals surface area contributed by atoms with Gasteiger partial charge in [0.05, 0.1) is 17.3 Å². The molecule has 0 saturated heterocycles. The van der Waals surface area contributed by atoms with Crippen LogP contribution in [-0.4, -0.2) is 9.97 Å². The summed E-state index contributed by atoms with van der Waals surface area (Å²) in [5.74, 6) is 0.0725. The van der Waals surface area contributed by atoms with Gasteiger partial charge >= 0.3 is 12.2 Å². The first-order chi connectivity index (χ1) is 9.40. The Morgan fingerprint density at radius 1 is 1.25 bits per heavy atom. The highest BCUT2D eigenvalue weighted by Gasteiger charge is 2.33. The molecule has 0 spiro atoms. The third-order valence-corrected chi connectivity index (χ3v) is 2.26. The second-order valence-corrected chi connectivity index (χ2v) is 3.69. The van der Waals surface area contributed by atoms with Crippen LogP contribution in [0.25, 0.3) is 0 Å². The van der Waals surface area contributed by atoms with Crippen molar-refractivity contribution >= 4 is 5.69 Å². The van der Waals surface area contributed by atoms with E-state index < -0.39 is 17.9 Å². The van der Waals surface area contributed by atoms with Gasteiger partial charge in [-0.1, -0.05) is 0 Å². The zero-order valence-corrected chi connectivity index (χ0v) is 9.85. The fraction of sp³-hybridized carbons (Fsp3) is 0.0833. The molecular formula is C12H7F3N4O. The first kappa shape index (κ1) is 13.6. The maximum atomic E-state index is 12.5. The lowest BCUT2D eigenvalue weighted by Gasteiger charge is -2.09. The van der Waals surface area contributed by atoms with Crippen molar-refractivity contribution in [1.82, 2.24) is 9.97 Å². The van der Waals surface area contributed by atoms with Crippen molar-refractivity contribution in [3.63, 3.8) is 0 Å². The number of hydrogen-bond acceptors (Lipinski definition) is 5. The minimum Gasteiger partial charge on any atom is -0.422 e. The molecule has 0 fully saturated rings. The van der Waals surface area contributed by atoms with E-state index in [1.165, 1.54) is 18.2 Å². The van der Waals surface area contributed by atoms with Crippen molar-refractivity contribution in [2.45, 2.75) is 6.18 Å². The zero-order chi connectivity index (χ0) is 14.8. The number of anilines is 1. The lowest BCUT2D eigenvalue weighted by atomic mass is 10.2. The van der Waals surface area contributed by atoms with E-state index in [2.05, 4.69) is 9.97 Å². The van der Waals surface area contributed by atoms with Gasteiger partial charge in [-0.15, -0.1) is 0 Å². The summed E-state index contributed by atoms with van der Waals surface area (Å²) in [4.78, 5) is 6.82. The van der Waals surface area contributed by atoms with Gasteiger partial charge in [0.2, 0.25) is 0 Å². The predicted molar refractivity (Wildman–Crippen MR) is 62.7 cm³/mol. The van der Waals surface area contributed by atoms with Crippen LogP contribution < -0.4 is 10.5 Å². The molecule has 1 heterocycles. The van der Waals surface area contributed by atoms with Gasteiger partial charge in [-0.25, -0.2) is 4.98 Å². The normalized spacial score (nSPS) is 10.9. The molecular weight excluding hydrogens is 273 g/mol. The summed E-state index contributed by atoms with van der Waals surface area (Å²) < 4.78 is 42.5. The Balaban J connectivity index is 2.29. The second kappa shape index (κ2) is 5.05. The summed E-state index contributed by atoms with van der Waals surface area (Å²) in [6, 6.07) is 6.24. The summed E-state index contributed by atoms with van der Waals surface area (Å²) >= 11 is 0. The maximum Gasteiger partial charge on any atom is 0.433 e. The van der Waals surface area contributed by atoms with Crippen molar-refractivity contribution in [3.05, 3.63) is 41.7 Å². The van der Waals surface area contributed by atoms with Crippen LogP contribution in [0.1, 0.15) is 11.3 Å². The number of nitrogen functional groups attached to an aromatic ring is 1. The number of benzene rings is 1. The quantitative estimate of drug-likeness (QED) is 0.855. The molecule has 20 heavy (non-hydrogen) atoms. The van der Waals surface area contributed by atoms with Gasteiger partial charge in [-0.2, -0.15) is 23.4 Å². The summed E-state index contributed by atoms with van der Waals surface area (Å²) in [7, 11) is 0. The first-order valence-electron chi connectivity index (χ1n) is 5.28. The molecule has 5 nitrogen and oxygen atoms in total. The van der Waals surface area contributed by atoms with Crippen molar-refractivity contribution in [1.29, 1.82) is 5.26 Å². The summed E-state index contributed by atoms with van der Waals surface area (Å²) in [5.41, 5.74) is 4.91. The van der Waals surface area contributed by atoms with Gasteiger partial charge in [0.25, 0.3) is 0 Å². The van der Waals surface area contributed by atoms with E-state index in [0.717, 1.165) is 12.3 Å². The molecule has 8 heteroatoms. The van der Waals surface area contributed by atoms with Crippen LogP contribution in [0.2, 0.25) is 0 Å². The van der Waals surface area contributed by atoms with Gasteiger partial charge in [-0.05, 0) is 24.3 Å². The van der Waals surface area contributed by atoms with Crippen LogP contribution in [0.3, 0.4) is 0 Å². The smallest absolute Gasteiger partial charge is 0.422 e. The molecule has 0 radical (unpaired) electrons. The Hall–Kier alpha value is -2.82. The minimum absolute atomic E-state index is 0.0725. The van der Waals surface area contributed by atoms with E-state index in [4.69, 9.17) is 15.7 Å². The number of hydrogen-bond donors (Lipinski definition) is 1. The lowest BCUT2D eigenvalue weighted by Crippen LogP contribution is -2.09. The number of nitrogens with zero attached hydrogens (tertiary/aromatic N) is 3. The predicted octanol–water partition coefficient (Wildman–Crippen LogP) is 2.74. The third-order valence-electron chi connectivity index (χ3n) is 2.26. The Morgan fingerprint density at radius 3 is 2.60 bits per heavy atom. The molecule has 2 aromatic rings. The molecule has 0 aliphatic carbocycles. The average Bonchev–Trinajstić information content (AvgIpc) is 2.40. The average molecular weight is 280 g/mol. The van der Waals surface area contributed by atoms with Crippen LogP contribution in [0, 0.1) is 11.3 Å². The molecule has 0 saturated carbocycles. The van der Waals surface area contributed by atoms with E-state index in [0.29, 0.717) is 5.56 Å². The van der Waals surface area contributed by atoms with Gasteiger partial charge < -0.3 is 10.5 Å². The molecule has 0 amide bonds. The Morgan fingerprint density at radius 2 is 2.00 bits per heavy atom. The molecule has 0 atom stereocenters. The van der Waals surface area contributed by atoms with E-state index >= 15 is 0 Å². The van der Waals surface area contributed by atoms with Crippen LogP contribution in [0.4, 0.5) is 18.9 Å². The van der Waals surface area contributed by atoms with Crippen LogP contribution in [0.5, 0.6) is 11.8 Å². The highest BCUT2D eigenvalue weighted by molar-refractivity contribution is 5.57. The number of nitrogens with two attached hydrogens (primary N) is 1. The number of nitriles is 1. The standard InChI is InChI=1S/C12H7F3N4O/c13-12(14,15)10-3-4-18-11(19-10)20-9-2-1-7(6-16)5-8(9)17/h1-5H,17H2. The number of ether oxygens (including phenoxy) is 1. The summed E-state index contributed by atoms with van der Waals surface area (Å²) in [6.45, 7) is 0. The second-order valence-electron chi connectivity index (χ2n) is 3.69. The maximum absolute atomic E-state index is 12.5.